The van der Waals surface area contributed by atoms with E-state index in [0.29, 0.717) is 16.1 Å². The highest BCUT2D eigenvalue weighted by molar-refractivity contribution is 6.44. The van der Waals surface area contributed by atoms with E-state index in [-0.39, 0.29) is 27.5 Å². The van der Waals surface area contributed by atoms with E-state index in [4.69, 9.17) is 39.5 Å². The molecule has 0 aliphatic rings. The van der Waals surface area contributed by atoms with Crippen molar-refractivity contribution in [3.63, 3.8) is 0 Å². The Morgan fingerprint density at radius 3 is 2.54 bits per heavy atom. The van der Waals surface area contributed by atoms with Crippen molar-refractivity contribution < 1.29 is 23.1 Å². The van der Waals surface area contributed by atoms with E-state index in [0.717, 1.165) is 10.2 Å². The topological polar surface area (TPSA) is 57.9 Å². The number of halogens is 5. The molecule has 0 unspecified atom stereocenters. The number of aromatic nitrogens is 2. The number of hydrogen-bond acceptors (Lipinski definition) is 5. The molecular weight excluding hydrogens is 439 g/mol. The third-order valence-corrected chi connectivity index (χ3v) is 4.53. The van der Waals surface area contributed by atoms with Crippen LogP contribution in [0.1, 0.15) is 11.1 Å². The summed E-state index contributed by atoms with van der Waals surface area (Å²) < 4.78 is 35.8. The Labute approximate surface area is 175 Å². The van der Waals surface area contributed by atoms with Crippen LogP contribution in [0.25, 0.3) is 17.3 Å². The minimum absolute atomic E-state index is 0.0471. The summed E-state index contributed by atoms with van der Waals surface area (Å²) in [6, 6.07) is 3.34. The van der Waals surface area contributed by atoms with Crippen molar-refractivity contribution in [2.24, 2.45) is 12.2 Å². The van der Waals surface area contributed by atoms with Crippen LogP contribution < -0.4 is 4.74 Å². The number of benzene rings is 1. The summed E-state index contributed by atoms with van der Waals surface area (Å²) in [6.45, 7) is -1.25. The first-order valence-electron chi connectivity index (χ1n) is 7.70. The lowest BCUT2D eigenvalue weighted by Crippen LogP contribution is -2.06. The number of hydrogen-bond donors (Lipinski definition) is 0. The summed E-state index contributed by atoms with van der Waals surface area (Å²) in [6.07, 6.45) is 1.52. The van der Waals surface area contributed by atoms with E-state index < -0.39 is 6.61 Å². The summed E-state index contributed by atoms with van der Waals surface area (Å²) >= 11 is 18.7. The summed E-state index contributed by atoms with van der Waals surface area (Å²) in [4.78, 5) is 4.66. The van der Waals surface area contributed by atoms with Gasteiger partial charge in [-0.15, -0.1) is 0 Å². The lowest BCUT2D eigenvalue weighted by molar-refractivity contribution is -0.0552. The van der Waals surface area contributed by atoms with Gasteiger partial charge in [-0.3, -0.25) is 0 Å². The van der Waals surface area contributed by atoms with E-state index in [1.165, 1.54) is 27.3 Å². The second-order valence-electron chi connectivity index (χ2n) is 5.43. The molecule has 0 saturated carbocycles. The van der Waals surface area contributed by atoms with Crippen LogP contribution in [-0.2, 0) is 16.6 Å². The van der Waals surface area contributed by atoms with Crippen molar-refractivity contribution in [3.05, 3.63) is 38.3 Å². The Bertz CT molecular complexity index is 930. The number of rotatable bonds is 6. The van der Waals surface area contributed by atoms with Gasteiger partial charge >= 0.3 is 6.61 Å². The van der Waals surface area contributed by atoms with Gasteiger partial charge < -0.3 is 14.3 Å². The van der Waals surface area contributed by atoms with E-state index in [1.54, 1.807) is 19.1 Å². The first-order chi connectivity index (χ1) is 13.2. The van der Waals surface area contributed by atoms with Gasteiger partial charge in [-0.1, -0.05) is 34.8 Å². The molecule has 0 spiro atoms. The van der Waals surface area contributed by atoms with Crippen LogP contribution in [0.3, 0.4) is 0 Å². The summed E-state index contributed by atoms with van der Waals surface area (Å²) in [7, 11) is 4.18. The van der Waals surface area contributed by atoms with Crippen molar-refractivity contribution in [1.82, 2.24) is 9.78 Å². The van der Waals surface area contributed by atoms with Crippen molar-refractivity contribution in [3.8, 4) is 17.1 Å². The molecule has 0 fully saturated rings. The fourth-order valence-electron chi connectivity index (χ4n) is 2.38. The summed E-state index contributed by atoms with van der Waals surface area (Å²) in [5, 5.41) is 8.31. The predicted octanol–water partition coefficient (Wildman–Crippen LogP) is 5.49. The van der Waals surface area contributed by atoms with Gasteiger partial charge in [0.25, 0.3) is 5.90 Å². The molecule has 0 amide bonds. The largest absolute Gasteiger partial charge is 0.478 e. The van der Waals surface area contributed by atoms with Crippen LogP contribution in [0.15, 0.2) is 22.3 Å². The minimum atomic E-state index is -3.03. The number of alkyl halides is 2. The molecule has 2 rings (SSSR count). The number of ether oxygens (including phenoxy) is 2. The zero-order valence-corrected chi connectivity index (χ0v) is 17.5. The molecule has 0 atom stereocenters. The highest BCUT2D eigenvalue weighted by Crippen LogP contribution is 2.38. The fraction of sp³-hybridized carbons (Fsp3) is 0.294. The molecule has 152 valence electrons. The second kappa shape index (κ2) is 9.45. The van der Waals surface area contributed by atoms with Crippen molar-refractivity contribution in [2.45, 2.75) is 13.5 Å². The average molecular weight is 455 g/mol. The number of aryl methyl sites for hydroxylation is 2. The van der Waals surface area contributed by atoms with E-state index in [1.807, 2.05) is 0 Å². The third-order valence-electron chi connectivity index (χ3n) is 3.59. The van der Waals surface area contributed by atoms with Gasteiger partial charge in [0, 0.05) is 17.6 Å². The van der Waals surface area contributed by atoms with Gasteiger partial charge in [-0.2, -0.15) is 13.9 Å². The molecule has 1 aromatic heterocycles. The SMILES string of the molecule is CO/N=C(OC)/C(Cl)=C\c1cc(-c2nn(C)c(OC(F)F)c2Cl)c(C)cc1Cl. The summed E-state index contributed by atoms with van der Waals surface area (Å²) in [5.41, 5.74) is 2.05. The quantitative estimate of drug-likeness (QED) is 0.329. The molecule has 1 aromatic carbocycles. The number of oxime groups is 1. The minimum Gasteiger partial charge on any atom is -0.478 e. The standard InChI is InChI=1S/C17H16Cl3F2N3O3/c1-8-5-11(18)9(7-12(19)15(26-3)24-27-4)6-10(8)14-13(20)16(25(2)23-14)28-17(21)22/h5-7,17H,1-4H3/b12-7+,24-15-. The van der Waals surface area contributed by atoms with Gasteiger partial charge in [-0.25, -0.2) is 4.68 Å². The maximum absolute atomic E-state index is 12.6. The lowest BCUT2D eigenvalue weighted by Gasteiger charge is -2.09. The maximum atomic E-state index is 12.6. The van der Waals surface area contributed by atoms with Crippen molar-refractivity contribution in [2.75, 3.05) is 14.2 Å². The van der Waals surface area contributed by atoms with Crippen LogP contribution in [0.4, 0.5) is 8.78 Å². The Balaban J connectivity index is 2.57. The first-order valence-corrected chi connectivity index (χ1v) is 8.83. The molecule has 1 heterocycles. The van der Waals surface area contributed by atoms with Gasteiger partial charge in [0.05, 0.1) is 7.11 Å². The third kappa shape index (κ3) is 4.87. The molecule has 11 heteroatoms. The molecule has 0 N–H and O–H groups in total. The van der Waals surface area contributed by atoms with Crippen LogP contribution in [-0.4, -0.2) is 36.5 Å². The molecular formula is C17H16Cl3F2N3O3. The molecule has 6 nitrogen and oxygen atoms in total. The van der Waals surface area contributed by atoms with Gasteiger partial charge in [0.15, 0.2) is 0 Å². The molecule has 0 aliphatic carbocycles. The smallest absolute Gasteiger partial charge is 0.388 e. The highest BCUT2D eigenvalue weighted by Gasteiger charge is 2.22. The average Bonchev–Trinajstić information content (AvgIpc) is 2.89. The lowest BCUT2D eigenvalue weighted by atomic mass is 10.0. The van der Waals surface area contributed by atoms with Crippen LogP contribution in [0, 0.1) is 6.92 Å². The van der Waals surface area contributed by atoms with Crippen LogP contribution in [0.2, 0.25) is 10.0 Å². The molecule has 28 heavy (non-hydrogen) atoms. The Morgan fingerprint density at radius 2 is 1.96 bits per heavy atom. The second-order valence-corrected chi connectivity index (χ2v) is 6.63. The van der Waals surface area contributed by atoms with Crippen LogP contribution >= 0.6 is 34.8 Å². The zero-order valence-electron chi connectivity index (χ0n) is 15.3. The molecule has 0 aliphatic heterocycles. The molecule has 0 saturated heterocycles. The normalized spacial score (nSPS) is 12.5. The fourth-order valence-corrected chi connectivity index (χ4v) is 3.19. The molecule has 2 aromatic rings. The predicted molar refractivity (Wildman–Crippen MR) is 105 cm³/mol. The Kier molecular flexibility index (Phi) is 7.51. The van der Waals surface area contributed by atoms with Crippen molar-refractivity contribution >= 4 is 46.8 Å². The Morgan fingerprint density at radius 1 is 1.29 bits per heavy atom. The Hall–Kier alpha value is -2.03. The van der Waals surface area contributed by atoms with E-state index in [9.17, 15) is 8.78 Å². The van der Waals surface area contributed by atoms with Crippen molar-refractivity contribution in [1.29, 1.82) is 0 Å². The zero-order chi connectivity index (χ0) is 21.0. The van der Waals surface area contributed by atoms with Gasteiger partial charge in [0.1, 0.15) is 22.9 Å². The van der Waals surface area contributed by atoms with Gasteiger partial charge in [0.2, 0.25) is 5.88 Å². The highest BCUT2D eigenvalue weighted by atomic mass is 35.5. The molecule has 0 radical (unpaired) electrons. The van der Waals surface area contributed by atoms with Gasteiger partial charge in [-0.05, 0) is 41.4 Å². The van der Waals surface area contributed by atoms with Crippen LogP contribution in [0.5, 0.6) is 5.88 Å². The molecule has 0 bridgehead atoms. The first kappa shape index (κ1) is 22.3. The number of nitrogens with zero attached hydrogens (tertiary/aromatic N) is 3. The van der Waals surface area contributed by atoms with E-state index in [2.05, 4.69) is 19.8 Å². The number of methoxy groups -OCH3 is 1. The summed E-state index contributed by atoms with van der Waals surface area (Å²) in [5.74, 6) is -0.198. The van der Waals surface area contributed by atoms with E-state index >= 15 is 0 Å². The monoisotopic (exact) mass is 453 g/mol. The maximum Gasteiger partial charge on any atom is 0.388 e.